The van der Waals surface area contributed by atoms with Crippen molar-refractivity contribution >= 4 is 20.7 Å². The highest BCUT2D eigenvalue weighted by molar-refractivity contribution is 7.83. The summed E-state index contributed by atoms with van der Waals surface area (Å²) in [4.78, 5) is 0. The van der Waals surface area contributed by atoms with Gasteiger partial charge in [0.05, 0.1) is 0 Å². The monoisotopic (exact) mass is 260 g/mol. The fraction of sp³-hybridized carbons (Fsp3) is 0. The standard InChI is InChI=1S/C14H12O3S/c15-13-5-1-11(2-6-13)9-18(17)10-12-3-7-14(16)8-4-12/h1-10,15-16H. The van der Waals surface area contributed by atoms with Crippen molar-refractivity contribution in [3.8, 4) is 11.5 Å². The molecule has 2 N–H and O–H groups in total. The van der Waals surface area contributed by atoms with Crippen molar-refractivity contribution in [3.63, 3.8) is 0 Å². The summed E-state index contributed by atoms with van der Waals surface area (Å²) in [7, 11) is -1.25. The largest absolute Gasteiger partial charge is 0.508 e. The molecule has 0 aliphatic carbocycles. The summed E-state index contributed by atoms with van der Waals surface area (Å²) in [5, 5.41) is 21.4. The van der Waals surface area contributed by atoms with Gasteiger partial charge in [0.2, 0.25) is 0 Å². The molecule has 0 saturated carbocycles. The second kappa shape index (κ2) is 5.42. The Bertz CT molecular complexity index is 610. The van der Waals surface area contributed by atoms with E-state index in [2.05, 4.69) is 0 Å². The minimum absolute atomic E-state index is 0.181. The highest BCUT2D eigenvalue weighted by atomic mass is 32.1. The number of phenols is 2. The zero-order valence-electron chi connectivity index (χ0n) is 9.48. The SMILES string of the molecule is O=S(=Cc1ccc(O)cc1)=Cc1ccc(O)cc1. The summed E-state index contributed by atoms with van der Waals surface area (Å²) >= 11 is 0. The van der Waals surface area contributed by atoms with Gasteiger partial charge in [-0.05, 0) is 35.4 Å². The molecule has 0 aromatic heterocycles. The van der Waals surface area contributed by atoms with Crippen LogP contribution < -0.4 is 0 Å². The average molecular weight is 260 g/mol. The van der Waals surface area contributed by atoms with E-state index in [1.807, 2.05) is 0 Å². The van der Waals surface area contributed by atoms with Gasteiger partial charge in [-0.1, -0.05) is 24.3 Å². The van der Waals surface area contributed by atoms with Gasteiger partial charge in [-0.3, -0.25) is 0 Å². The number of aromatic hydroxyl groups is 2. The van der Waals surface area contributed by atoms with E-state index >= 15 is 0 Å². The Kier molecular flexibility index (Phi) is 3.69. The van der Waals surface area contributed by atoms with E-state index in [0.717, 1.165) is 11.1 Å². The number of benzene rings is 2. The number of phenolic OH excluding ortho intramolecular Hbond substituents is 2. The minimum atomic E-state index is -1.25. The quantitative estimate of drug-likeness (QED) is 0.810. The molecule has 0 aliphatic heterocycles. The molecule has 0 fully saturated rings. The molecule has 2 aromatic rings. The number of hydrogen-bond donors (Lipinski definition) is 2. The van der Waals surface area contributed by atoms with Crippen LogP contribution in [0.15, 0.2) is 48.5 Å². The van der Waals surface area contributed by atoms with Gasteiger partial charge in [-0.15, -0.1) is 0 Å². The van der Waals surface area contributed by atoms with Gasteiger partial charge in [-0.2, -0.15) is 0 Å². The van der Waals surface area contributed by atoms with Crippen molar-refractivity contribution in [1.29, 1.82) is 0 Å². The van der Waals surface area contributed by atoms with Gasteiger partial charge in [-0.25, -0.2) is 4.21 Å². The molecule has 0 unspecified atom stereocenters. The van der Waals surface area contributed by atoms with Crippen LogP contribution in [0, 0.1) is 0 Å². The fourth-order valence-electron chi connectivity index (χ4n) is 1.41. The third kappa shape index (κ3) is 3.40. The number of rotatable bonds is 2. The fourth-order valence-corrected chi connectivity index (χ4v) is 2.33. The van der Waals surface area contributed by atoms with Crippen molar-refractivity contribution in [2.24, 2.45) is 0 Å². The molecule has 0 bridgehead atoms. The Morgan fingerprint density at radius 1 is 0.722 bits per heavy atom. The second-order valence-electron chi connectivity index (χ2n) is 3.75. The van der Waals surface area contributed by atoms with Crippen LogP contribution in [0.25, 0.3) is 0 Å². The molecule has 4 heteroatoms. The second-order valence-corrected chi connectivity index (χ2v) is 4.88. The van der Waals surface area contributed by atoms with E-state index in [1.165, 1.54) is 0 Å². The molecule has 0 spiro atoms. The predicted molar refractivity (Wildman–Crippen MR) is 74.7 cm³/mol. The van der Waals surface area contributed by atoms with E-state index < -0.39 is 9.98 Å². The Labute approximate surface area is 107 Å². The minimum Gasteiger partial charge on any atom is -0.508 e. The molecule has 0 saturated heterocycles. The first-order chi connectivity index (χ1) is 8.63. The maximum atomic E-state index is 11.8. The summed E-state index contributed by atoms with van der Waals surface area (Å²) < 4.78 is 11.8. The first kappa shape index (κ1) is 12.3. The van der Waals surface area contributed by atoms with Crippen molar-refractivity contribution in [2.45, 2.75) is 0 Å². The summed E-state index contributed by atoms with van der Waals surface area (Å²) in [6.45, 7) is 0. The topological polar surface area (TPSA) is 57.5 Å². The predicted octanol–water partition coefficient (Wildman–Crippen LogP) is 1.85. The third-order valence-corrected chi connectivity index (χ3v) is 3.30. The molecule has 2 aromatic carbocycles. The van der Waals surface area contributed by atoms with Crippen molar-refractivity contribution in [1.82, 2.24) is 0 Å². The van der Waals surface area contributed by atoms with Crippen LogP contribution in [0.4, 0.5) is 0 Å². The lowest BCUT2D eigenvalue weighted by atomic mass is 10.2. The molecular weight excluding hydrogens is 248 g/mol. The van der Waals surface area contributed by atoms with Crippen LogP contribution in [0.5, 0.6) is 11.5 Å². The third-order valence-electron chi connectivity index (χ3n) is 2.29. The molecule has 2 rings (SSSR count). The molecule has 92 valence electrons. The summed E-state index contributed by atoms with van der Waals surface area (Å²) in [6, 6.07) is 13.0. The van der Waals surface area contributed by atoms with Crippen LogP contribution in [0.1, 0.15) is 11.1 Å². The Hall–Kier alpha value is -2.20. The zero-order valence-corrected chi connectivity index (χ0v) is 10.3. The van der Waals surface area contributed by atoms with Crippen LogP contribution >= 0.6 is 0 Å². The molecule has 0 aliphatic rings. The Balaban J connectivity index is 2.30. The molecule has 0 heterocycles. The van der Waals surface area contributed by atoms with Crippen LogP contribution in [0.3, 0.4) is 0 Å². The summed E-state index contributed by atoms with van der Waals surface area (Å²) in [5.41, 5.74) is 1.56. The van der Waals surface area contributed by atoms with Gasteiger partial charge in [0.1, 0.15) is 11.5 Å². The first-order valence-corrected chi connectivity index (χ1v) is 6.58. The molecule has 0 atom stereocenters. The van der Waals surface area contributed by atoms with Gasteiger partial charge < -0.3 is 10.2 Å². The van der Waals surface area contributed by atoms with Gasteiger partial charge in [0.15, 0.2) is 0 Å². The van der Waals surface area contributed by atoms with Crippen molar-refractivity contribution in [3.05, 3.63) is 59.7 Å². The lowest BCUT2D eigenvalue weighted by molar-refractivity contribution is 0.475. The van der Waals surface area contributed by atoms with E-state index in [9.17, 15) is 4.21 Å². The molecule has 3 nitrogen and oxygen atoms in total. The maximum absolute atomic E-state index is 11.8. The van der Waals surface area contributed by atoms with Gasteiger partial charge in [0.25, 0.3) is 0 Å². The molecule has 0 amide bonds. The average Bonchev–Trinajstić information content (AvgIpc) is 2.35. The van der Waals surface area contributed by atoms with E-state index in [0.29, 0.717) is 0 Å². The highest BCUT2D eigenvalue weighted by Crippen LogP contribution is 2.08. The Morgan fingerprint density at radius 3 is 1.39 bits per heavy atom. The van der Waals surface area contributed by atoms with Crippen LogP contribution in [-0.2, 0) is 9.98 Å². The maximum Gasteiger partial charge on any atom is 0.115 e. The van der Waals surface area contributed by atoms with E-state index in [4.69, 9.17) is 10.2 Å². The van der Waals surface area contributed by atoms with Crippen molar-refractivity contribution < 1.29 is 14.4 Å². The summed E-state index contributed by atoms with van der Waals surface area (Å²) in [6.07, 6.45) is 0. The first-order valence-electron chi connectivity index (χ1n) is 5.31. The smallest absolute Gasteiger partial charge is 0.115 e. The van der Waals surface area contributed by atoms with Crippen LogP contribution in [0.2, 0.25) is 0 Å². The molecule has 0 radical (unpaired) electrons. The van der Waals surface area contributed by atoms with Crippen LogP contribution in [-0.4, -0.2) is 25.2 Å². The van der Waals surface area contributed by atoms with Crippen molar-refractivity contribution in [2.75, 3.05) is 0 Å². The normalized spacial score (nSPS) is 9.78. The zero-order chi connectivity index (χ0) is 13.0. The number of hydrogen-bond acceptors (Lipinski definition) is 3. The van der Waals surface area contributed by atoms with E-state index in [-0.39, 0.29) is 11.5 Å². The summed E-state index contributed by atoms with van der Waals surface area (Å²) in [5.74, 6) is 0.362. The van der Waals surface area contributed by atoms with E-state index in [1.54, 1.807) is 59.3 Å². The molecule has 18 heavy (non-hydrogen) atoms. The molecular formula is C14H12O3S. The van der Waals surface area contributed by atoms with Gasteiger partial charge >= 0.3 is 0 Å². The lowest BCUT2D eigenvalue weighted by Gasteiger charge is -1.92. The highest BCUT2D eigenvalue weighted by Gasteiger charge is 1.90. The Morgan fingerprint density at radius 2 is 1.06 bits per heavy atom. The van der Waals surface area contributed by atoms with Gasteiger partial charge in [0, 0.05) is 20.7 Å². The lowest BCUT2D eigenvalue weighted by Crippen LogP contribution is -1.85.